The number of aliphatic imine (C=N–C) groups is 1. The molecule has 0 aromatic heterocycles. The maximum Gasteiger partial charge on any atom is 0.251 e. The van der Waals surface area contributed by atoms with Crippen molar-refractivity contribution in [3.05, 3.63) is 53.6 Å². The van der Waals surface area contributed by atoms with Crippen molar-refractivity contribution in [3.8, 4) is 17.2 Å². The average molecular weight is 398 g/mol. The Bertz CT molecular complexity index is 852. The normalized spacial score (nSPS) is 12.4. The van der Waals surface area contributed by atoms with E-state index in [1.54, 1.807) is 38.4 Å². The maximum atomic E-state index is 12.1. The highest BCUT2D eigenvalue weighted by atomic mass is 16.7. The number of fused-ring (bicyclic) bond motifs is 1. The second kappa shape index (κ2) is 10.2. The molecule has 2 aromatic rings. The number of ether oxygens (including phenoxy) is 3. The van der Waals surface area contributed by atoms with Gasteiger partial charge in [0.1, 0.15) is 5.75 Å². The molecular weight excluding hydrogens is 372 g/mol. The number of benzene rings is 2. The Morgan fingerprint density at radius 1 is 1.00 bits per heavy atom. The average Bonchev–Trinajstić information content (AvgIpc) is 3.23. The fourth-order valence-electron chi connectivity index (χ4n) is 2.84. The van der Waals surface area contributed by atoms with Crippen molar-refractivity contribution in [2.75, 3.05) is 40.6 Å². The van der Waals surface area contributed by atoms with Crippen molar-refractivity contribution in [1.29, 1.82) is 0 Å². The molecule has 0 unspecified atom stereocenters. The fourth-order valence-corrected chi connectivity index (χ4v) is 2.84. The van der Waals surface area contributed by atoms with Crippen molar-refractivity contribution in [1.82, 2.24) is 16.0 Å². The minimum atomic E-state index is -0.125. The van der Waals surface area contributed by atoms with E-state index in [9.17, 15) is 4.79 Å². The van der Waals surface area contributed by atoms with Crippen molar-refractivity contribution in [3.63, 3.8) is 0 Å². The number of hydrogen-bond donors (Lipinski definition) is 3. The van der Waals surface area contributed by atoms with E-state index in [1.165, 1.54) is 0 Å². The van der Waals surface area contributed by atoms with Crippen molar-refractivity contribution in [2.45, 2.75) is 6.42 Å². The summed E-state index contributed by atoms with van der Waals surface area (Å²) in [6.45, 7) is 2.04. The fraction of sp³-hybridized carbons (Fsp3) is 0.333. The van der Waals surface area contributed by atoms with Gasteiger partial charge in [-0.1, -0.05) is 6.07 Å². The molecule has 1 heterocycles. The lowest BCUT2D eigenvalue weighted by Crippen LogP contribution is -2.42. The van der Waals surface area contributed by atoms with Gasteiger partial charge in [-0.25, -0.2) is 0 Å². The molecule has 0 saturated heterocycles. The lowest BCUT2D eigenvalue weighted by molar-refractivity contribution is 0.0954. The first-order valence-corrected chi connectivity index (χ1v) is 9.45. The van der Waals surface area contributed by atoms with E-state index in [0.29, 0.717) is 24.6 Å². The van der Waals surface area contributed by atoms with Gasteiger partial charge in [0.05, 0.1) is 7.11 Å². The van der Waals surface area contributed by atoms with Crippen LogP contribution in [0.2, 0.25) is 0 Å². The monoisotopic (exact) mass is 398 g/mol. The Morgan fingerprint density at radius 3 is 2.48 bits per heavy atom. The number of rotatable bonds is 8. The van der Waals surface area contributed by atoms with Gasteiger partial charge in [0.25, 0.3) is 5.91 Å². The van der Waals surface area contributed by atoms with Crippen LogP contribution in [0, 0.1) is 0 Å². The highest BCUT2D eigenvalue weighted by Gasteiger charge is 2.13. The van der Waals surface area contributed by atoms with E-state index in [-0.39, 0.29) is 12.7 Å². The first-order chi connectivity index (χ1) is 14.2. The van der Waals surface area contributed by atoms with Crippen LogP contribution in [0.1, 0.15) is 15.9 Å². The minimum Gasteiger partial charge on any atom is -0.497 e. The first-order valence-electron chi connectivity index (χ1n) is 9.45. The van der Waals surface area contributed by atoms with Crippen LogP contribution in [0.4, 0.5) is 0 Å². The summed E-state index contributed by atoms with van der Waals surface area (Å²) in [4.78, 5) is 16.3. The number of amides is 1. The van der Waals surface area contributed by atoms with Crippen LogP contribution < -0.4 is 30.2 Å². The Morgan fingerprint density at radius 2 is 1.72 bits per heavy atom. The highest BCUT2D eigenvalue weighted by Crippen LogP contribution is 2.32. The van der Waals surface area contributed by atoms with E-state index in [2.05, 4.69) is 20.9 Å². The molecule has 1 amide bonds. The van der Waals surface area contributed by atoms with Gasteiger partial charge >= 0.3 is 0 Å². The van der Waals surface area contributed by atoms with Gasteiger partial charge in [-0.15, -0.1) is 0 Å². The van der Waals surface area contributed by atoms with Crippen LogP contribution in [0.3, 0.4) is 0 Å². The molecule has 1 aliphatic heterocycles. The molecule has 3 N–H and O–H groups in total. The predicted molar refractivity (Wildman–Crippen MR) is 111 cm³/mol. The molecule has 0 bridgehead atoms. The molecule has 8 heteroatoms. The standard InChI is InChI=1S/C21H26N4O4/c1-22-21(24-10-9-15-3-8-18-19(13-15)29-14-28-18)25-12-11-23-20(26)16-4-6-17(27-2)7-5-16/h3-8,13H,9-12,14H2,1-2H3,(H,23,26)(H2,22,24,25). The zero-order valence-corrected chi connectivity index (χ0v) is 16.7. The SMILES string of the molecule is CN=C(NCCNC(=O)c1ccc(OC)cc1)NCCc1ccc2c(c1)OCO2. The lowest BCUT2D eigenvalue weighted by atomic mass is 10.1. The second-order valence-electron chi connectivity index (χ2n) is 6.35. The molecule has 0 fully saturated rings. The van der Waals surface area contributed by atoms with Gasteiger partial charge in [0, 0.05) is 32.2 Å². The smallest absolute Gasteiger partial charge is 0.251 e. The zero-order chi connectivity index (χ0) is 20.5. The third-order valence-electron chi connectivity index (χ3n) is 4.42. The number of nitrogens with one attached hydrogen (secondary N) is 3. The molecule has 29 heavy (non-hydrogen) atoms. The summed E-state index contributed by atoms with van der Waals surface area (Å²) in [5, 5.41) is 9.31. The van der Waals surface area contributed by atoms with E-state index < -0.39 is 0 Å². The number of guanidine groups is 1. The molecule has 0 saturated carbocycles. The van der Waals surface area contributed by atoms with Gasteiger partial charge in [-0.2, -0.15) is 0 Å². The van der Waals surface area contributed by atoms with Crippen LogP contribution >= 0.6 is 0 Å². The molecular formula is C21H26N4O4. The van der Waals surface area contributed by atoms with Gasteiger partial charge in [-0.3, -0.25) is 9.79 Å². The number of carbonyl (C=O) groups is 1. The van der Waals surface area contributed by atoms with Crippen LogP contribution in [0.15, 0.2) is 47.5 Å². The third kappa shape index (κ3) is 5.78. The molecule has 154 valence electrons. The van der Waals surface area contributed by atoms with Gasteiger partial charge in [0.2, 0.25) is 6.79 Å². The van der Waals surface area contributed by atoms with Gasteiger partial charge in [-0.05, 0) is 48.4 Å². The molecule has 0 aliphatic carbocycles. The highest BCUT2D eigenvalue weighted by molar-refractivity contribution is 5.94. The summed E-state index contributed by atoms with van der Waals surface area (Å²) < 4.78 is 15.8. The van der Waals surface area contributed by atoms with Crippen LogP contribution in [-0.4, -0.2) is 52.5 Å². The summed E-state index contributed by atoms with van der Waals surface area (Å²) in [5.74, 6) is 2.86. The van der Waals surface area contributed by atoms with Crippen LogP contribution in [0.25, 0.3) is 0 Å². The first kappa shape index (κ1) is 20.3. The number of carbonyl (C=O) groups excluding carboxylic acids is 1. The minimum absolute atomic E-state index is 0.125. The molecule has 1 aliphatic rings. The van der Waals surface area contributed by atoms with Gasteiger partial charge in [0.15, 0.2) is 17.5 Å². The van der Waals surface area contributed by atoms with E-state index in [0.717, 1.165) is 35.8 Å². The summed E-state index contributed by atoms with van der Waals surface area (Å²) in [5.41, 5.74) is 1.75. The Labute approximate surface area is 170 Å². The summed E-state index contributed by atoms with van der Waals surface area (Å²) in [6.07, 6.45) is 0.825. The Hall–Kier alpha value is -3.42. The topological polar surface area (TPSA) is 93.2 Å². The maximum absolute atomic E-state index is 12.1. The molecule has 3 rings (SSSR count). The number of methoxy groups -OCH3 is 1. The Kier molecular flexibility index (Phi) is 7.16. The van der Waals surface area contributed by atoms with E-state index in [4.69, 9.17) is 14.2 Å². The largest absolute Gasteiger partial charge is 0.497 e. The number of hydrogen-bond acceptors (Lipinski definition) is 5. The van der Waals surface area contributed by atoms with Crippen molar-refractivity contribution >= 4 is 11.9 Å². The number of nitrogens with zero attached hydrogens (tertiary/aromatic N) is 1. The van der Waals surface area contributed by atoms with Crippen molar-refractivity contribution in [2.24, 2.45) is 4.99 Å². The quantitative estimate of drug-likeness (QED) is 0.355. The summed E-state index contributed by atoms with van der Waals surface area (Å²) in [7, 11) is 3.31. The molecule has 0 spiro atoms. The summed E-state index contributed by atoms with van der Waals surface area (Å²) >= 11 is 0. The lowest BCUT2D eigenvalue weighted by Gasteiger charge is -2.12. The predicted octanol–water partition coefficient (Wildman–Crippen LogP) is 1.56. The van der Waals surface area contributed by atoms with E-state index in [1.807, 2.05) is 18.2 Å². The third-order valence-corrected chi connectivity index (χ3v) is 4.42. The van der Waals surface area contributed by atoms with Crippen LogP contribution in [-0.2, 0) is 6.42 Å². The molecule has 2 aromatic carbocycles. The summed E-state index contributed by atoms with van der Waals surface area (Å²) in [6, 6.07) is 12.9. The Balaban J connectivity index is 1.34. The van der Waals surface area contributed by atoms with E-state index >= 15 is 0 Å². The molecule has 0 radical (unpaired) electrons. The zero-order valence-electron chi connectivity index (χ0n) is 16.7. The molecule has 8 nitrogen and oxygen atoms in total. The molecule has 0 atom stereocenters. The van der Waals surface area contributed by atoms with Crippen LogP contribution in [0.5, 0.6) is 17.2 Å². The van der Waals surface area contributed by atoms with Crippen molar-refractivity contribution < 1.29 is 19.0 Å². The van der Waals surface area contributed by atoms with Gasteiger partial charge < -0.3 is 30.2 Å². The second-order valence-corrected chi connectivity index (χ2v) is 6.35.